The molecule has 146 valence electrons. The summed E-state index contributed by atoms with van der Waals surface area (Å²) < 4.78 is 28.4. The number of hydrogen-bond acceptors (Lipinski definition) is 4. The maximum absolute atomic E-state index is 12.7. The van der Waals surface area contributed by atoms with Gasteiger partial charge in [-0.2, -0.15) is 8.42 Å². The van der Waals surface area contributed by atoms with Crippen LogP contribution in [-0.4, -0.2) is 31.0 Å². The van der Waals surface area contributed by atoms with Crippen molar-refractivity contribution < 1.29 is 17.4 Å². The monoisotopic (exact) mass is 381 g/mol. The second-order valence-corrected chi connectivity index (χ2v) is 9.24. The van der Waals surface area contributed by atoms with Crippen molar-refractivity contribution in [3.63, 3.8) is 0 Å². The van der Waals surface area contributed by atoms with Gasteiger partial charge in [0.05, 0.1) is 5.75 Å². The van der Waals surface area contributed by atoms with Crippen LogP contribution in [0.1, 0.15) is 64.9 Å². The van der Waals surface area contributed by atoms with Crippen LogP contribution in [0.25, 0.3) is 0 Å². The normalized spacial score (nSPS) is 15.4. The molecule has 5 nitrogen and oxygen atoms in total. The molecule has 0 unspecified atom stereocenters. The van der Waals surface area contributed by atoms with Gasteiger partial charge in [0.25, 0.3) is 0 Å². The van der Waals surface area contributed by atoms with Crippen LogP contribution in [-0.2, 0) is 21.5 Å². The number of nitrogens with zero attached hydrogens (tertiary/aromatic N) is 1. The molecule has 0 spiro atoms. The number of amides is 1. The number of carbonyl (C=O) groups excluding carboxylic acids is 1. The van der Waals surface area contributed by atoms with Crippen molar-refractivity contribution in [2.45, 2.75) is 71.9 Å². The van der Waals surface area contributed by atoms with E-state index in [0.717, 1.165) is 12.0 Å². The molecular formula is C20H31NO4S. The van der Waals surface area contributed by atoms with E-state index in [1.807, 2.05) is 24.8 Å². The highest BCUT2D eigenvalue weighted by Gasteiger charge is 2.21. The SMILES string of the molecule is CCS(=O)(=O)Oc1cccc(CN(C(=O)CCC2CCCC2)C(C)C)c1. The van der Waals surface area contributed by atoms with E-state index < -0.39 is 10.1 Å². The van der Waals surface area contributed by atoms with Crippen LogP contribution in [0.15, 0.2) is 24.3 Å². The van der Waals surface area contributed by atoms with Crippen LogP contribution in [0.4, 0.5) is 0 Å². The Morgan fingerprint density at radius 3 is 2.58 bits per heavy atom. The lowest BCUT2D eigenvalue weighted by atomic mass is 10.0. The molecular weight excluding hydrogens is 350 g/mol. The van der Waals surface area contributed by atoms with Gasteiger partial charge in [0.2, 0.25) is 5.91 Å². The molecule has 1 aromatic carbocycles. The molecule has 0 N–H and O–H groups in total. The Morgan fingerprint density at radius 1 is 1.27 bits per heavy atom. The molecule has 0 aliphatic heterocycles. The van der Waals surface area contributed by atoms with Crippen LogP contribution < -0.4 is 4.18 Å². The van der Waals surface area contributed by atoms with E-state index in [4.69, 9.17) is 4.18 Å². The fourth-order valence-electron chi connectivity index (χ4n) is 3.43. The summed E-state index contributed by atoms with van der Waals surface area (Å²) in [5.74, 6) is 1.09. The molecule has 1 aliphatic carbocycles. The largest absolute Gasteiger partial charge is 0.382 e. The first kappa shape index (κ1) is 20.7. The quantitative estimate of drug-likeness (QED) is 0.604. The summed E-state index contributed by atoms with van der Waals surface area (Å²) in [6, 6.07) is 7.07. The summed E-state index contributed by atoms with van der Waals surface area (Å²) in [6.45, 7) is 6.03. The molecule has 26 heavy (non-hydrogen) atoms. The molecule has 0 atom stereocenters. The molecule has 1 aliphatic rings. The van der Waals surface area contributed by atoms with E-state index in [1.165, 1.54) is 25.7 Å². The maximum atomic E-state index is 12.7. The fraction of sp³-hybridized carbons (Fsp3) is 0.650. The van der Waals surface area contributed by atoms with Gasteiger partial charge in [0.1, 0.15) is 5.75 Å². The summed E-state index contributed by atoms with van der Waals surface area (Å²) in [4.78, 5) is 14.6. The lowest BCUT2D eigenvalue weighted by Crippen LogP contribution is -2.36. The molecule has 0 bridgehead atoms. The highest BCUT2D eigenvalue weighted by atomic mass is 32.2. The number of carbonyl (C=O) groups is 1. The van der Waals surface area contributed by atoms with E-state index in [9.17, 15) is 13.2 Å². The third-order valence-electron chi connectivity index (χ3n) is 5.01. The summed E-state index contributed by atoms with van der Waals surface area (Å²) in [7, 11) is -3.55. The van der Waals surface area contributed by atoms with E-state index >= 15 is 0 Å². The number of rotatable bonds is 9. The van der Waals surface area contributed by atoms with E-state index in [-0.39, 0.29) is 17.7 Å². The molecule has 0 aromatic heterocycles. The molecule has 0 radical (unpaired) electrons. The van der Waals surface area contributed by atoms with Gasteiger partial charge >= 0.3 is 10.1 Å². The summed E-state index contributed by atoms with van der Waals surface area (Å²) in [5.41, 5.74) is 0.872. The molecule has 1 fully saturated rings. The van der Waals surface area contributed by atoms with Crippen LogP contribution in [0.5, 0.6) is 5.75 Å². The molecule has 1 amide bonds. The Balaban J connectivity index is 2.01. The fourth-order valence-corrected chi connectivity index (χ4v) is 3.94. The Labute approximate surface area is 157 Å². The Hall–Kier alpha value is -1.56. The zero-order chi connectivity index (χ0) is 19.2. The van der Waals surface area contributed by atoms with Crippen molar-refractivity contribution in [2.24, 2.45) is 5.92 Å². The molecule has 1 saturated carbocycles. The zero-order valence-electron chi connectivity index (χ0n) is 16.1. The molecule has 0 saturated heterocycles. The van der Waals surface area contributed by atoms with Gasteiger partial charge in [-0.15, -0.1) is 0 Å². The second kappa shape index (κ2) is 9.40. The topological polar surface area (TPSA) is 63.7 Å². The highest BCUT2D eigenvalue weighted by Crippen LogP contribution is 2.29. The minimum Gasteiger partial charge on any atom is -0.382 e. The van der Waals surface area contributed by atoms with Crippen molar-refractivity contribution in [1.29, 1.82) is 0 Å². The smallest absolute Gasteiger partial charge is 0.308 e. The van der Waals surface area contributed by atoms with Gasteiger partial charge in [-0.25, -0.2) is 0 Å². The molecule has 0 heterocycles. The zero-order valence-corrected chi connectivity index (χ0v) is 16.9. The van der Waals surface area contributed by atoms with Gasteiger partial charge in [0.15, 0.2) is 0 Å². The van der Waals surface area contributed by atoms with Crippen LogP contribution >= 0.6 is 0 Å². The van der Waals surface area contributed by atoms with Gasteiger partial charge in [0, 0.05) is 19.0 Å². The van der Waals surface area contributed by atoms with Gasteiger partial charge in [-0.1, -0.05) is 37.8 Å². The Morgan fingerprint density at radius 2 is 1.96 bits per heavy atom. The first-order valence-electron chi connectivity index (χ1n) is 9.61. The summed E-state index contributed by atoms with van der Waals surface area (Å²) >= 11 is 0. The lowest BCUT2D eigenvalue weighted by Gasteiger charge is -2.27. The number of benzene rings is 1. The third kappa shape index (κ3) is 6.31. The average molecular weight is 382 g/mol. The Bertz CT molecular complexity index is 694. The molecule has 6 heteroatoms. The van der Waals surface area contributed by atoms with Crippen LogP contribution in [0, 0.1) is 5.92 Å². The first-order valence-corrected chi connectivity index (χ1v) is 11.2. The van der Waals surface area contributed by atoms with Gasteiger partial charge in [-0.05, 0) is 50.8 Å². The summed E-state index contributed by atoms with van der Waals surface area (Å²) in [5, 5.41) is 0. The van der Waals surface area contributed by atoms with Crippen LogP contribution in [0.2, 0.25) is 0 Å². The van der Waals surface area contributed by atoms with Gasteiger partial charge in [-0.3, -0.25) is 4.79 Å². The van der Waals surface area contributed by atoms with Crippen molar-refractivity contribution in [2.75, 3.05) is 5.75 Å². The minimum atomic E-state index is -3.55. The predicted octanol–water partition coefficient (Wildman–Crippen LogP) is 4.12. The van der Waals surface area contributed by atoms with E-state index in [0.29, 0.717) is 24.6 Å². The minimum absolute atomic E-state index is 0.0744. The standard InChI is InChI=1S/C20H31NO4S/c1-4-26(23,24)25-19-11-7-10-18(14-19)15-21(16(2)3)20(22)13-12-17-8-5-6-9-17/h7,10-11,14,16-17H,4-6,8-9,12-13,15H2,1-3H3. The Kier molecular flexibility index (Phi) is 7.50. The molecule has 1 aromatic rings. The maximum Gasteiger partial charge on any atom is 0.308 e. The predicted molar refractivity (Wildman–Crippen MR) is 103 cm³/mol. The third-order valence-corrected chi connectivity index (χ3v) is 6.17. The average Bonchev–Trinajstić information content (AvgIpc) is 3.11. The van der Waals surface area contributed by atoms with Gasteiger partial charge < -0.3 is 9.08 Å². The lowest BCUT2D eigenvalue weighted by molar-refractivity contribution is -0.133. The van der Waals surface area contributed by atoms with Crippen molar-refractivity contribution in [3.8, 4) is 5.75 Å². The van der Waals surface area contributed by atoms with Crippen LogP contribution in [0.3, 0.4) is 0 Å². The second-order valence-electron chi connectivity index (χ2n) is 7.38. The van der Waals surface area contributed by atoms with E-state index in [1.54, 1.807) is 25.1 Å². The number of hydrogen-bond donors (Lipinski definition) is 0. The van der Waals surface area contributed by atoms with Crippen molar-refractivity contribution in [3.05, 3.63) is 29.8 Å². The van der Waals surface area contributed by atoms with Crippen molar-refractivity contribution >= 4 is 16.0 Å². The van der Waals surface area contributed by atoms with E-state index in [2.05, 4.69) is 0 Å². The first-order chi connectivity index (χ1) is 12.3. The summed E-state index contributed by atoms with van der Waals surface area (Å²) in [6.07, 6.45) is 6.64. The highest BCUT2D eigenvalue weighted by molar-refractivity contribution is 7.87. The molecule has 2 rings (SSSR count). The van der Waals surface area contributed by atoms with Crippen molar-refractivity contribution in [1.82, 2.24) is 4.90 Å².